The Morgan fingerprint density at radius 3 is 2.68 bits per heavy atom. The Labute approximate surface area is 167 Å². The molecule has 0 spiro atoms. The topological polar surface area (TPSA) is 87.9 Å². The van der Waals surface area contributed by atoms with E-state index in [9.17, 15) is 5.11 Å². The van der Waals surface area contributed by atoms with Crippen LogP contribution in [-0.4, -0.2) is 50.1 Å². The summed E-state index contributed by atoms with van der Waals surface area (Å²) in [5.41, 5.74) is 2.12. The van der Waals surface area contributed by atoms with E-state index in [1.165, 1.54) is 0 Å². The summed E-state index contributed by atoms with van der Waals surface area (Å²) in [6, 6.07) is 0.671. The number of anilines is 1. The van der Waals surface area contributed by atoms with Gasteiger partial charge in [-0.05, 0) is 65.0 Å². The fraction of sp³-hybridized carbons (Fsp3) is 0.762. The minimum atomic E-state index is -0.163. The molecule has 2 aromatic heterocycles. The van der Waals surface area contributed by atoms with Crippen LogP contribution in [0.3, 0.4) is 0 Å². The van der Waals surface area contributed by atoms with Crippen LogP contribution in [0.1, 0.15) is 82.9 Å². The molecule has 2 fully saturated rings. The summed E-state index contributed by atoms with van der Waals surface area (Å²) in [6.07, 6.45) is 9.89. The highest BCUT2D eigenvalue weighted by atomic mass is 16.3. The second kappa shape index (κ2) is 8.74. The molecular formula is C21H34N6O. The predicted molar refractivity (Wildman–Crippen MR) is 112 cm³/mol. The first-order chi connectivity index (χ1) is 13.7. The highest BCUT2D eigenvalue weighted by molar-refractivity contribution is 5.79. The standard InChI is InChI=1S/C21H34N6O/c1-3-4-14(2)24-21-23-13-18-19(15-9-11-22-12-10-15)26-27(20(18)25-21)16-5-7-17(28)8-6-16/h13-17,22,28H,3-12H2,1-2H3,(H,23,24,25)/t14-,16?,17?/m0/s1. The van der Waals surface area contributed by atoms with Gasteiger partial charge in [0.1, 0.15) is 0 Å². The number of fused-ring (bicyclic) bond motifs is 1. The molecule has 1 atom stereocenters. The second-order valence-corrected chi connectivity index (χ2v) is 8.58. The van der Waals surface area contributed by atoms with E-state index in [2.05, 4.69) is 34.1 Å². The summed E-state index contributed by atoms with van der Waals surface area (Å²) in [7, 11) is 0. The Morgan fingerprint density at radius 1 is 1.21 bits per heavy atom. The summed E-state index contributed by atoms with van der Waals surface area (Å²) in [5, 5.41) is 23.0. The zero-order valence-electron chi connectivity index (χ0n) is 17.2. The number of nitrogens with zero attached hydrogens (tertiary/aromatic N) is 4. The largest absolute Gasteiger partial charge is 0.393 e. The summed E-state index contributed by atoms with van der Waals surface area (Å²) >= 11 is 0. The average molecular weight is 387 g/mol. The van der Waals surface area contributed by atoms with Gasteiger partial charge in [0.25, 0.3) is 0 Å². The van der Waals surface area contributed by atoms with Crippen LogP contribution in [0.25, 0.3) is 11.0 Å². The van der Waals surface area contributed by atoms with E-state index in [0.717, 1.165) is 81.2 Å². The van der Waals surface area contributed by atoms with Crippen molar-refractivity contribution in [2.45, 2.75) is 89.3 Å². The third-order valence-electron chi connectivity index (χ3n) is 6.31. The van der Waals surface area contributed by atoms with E-state index in [0.29, 0.717) is 23.9 Å². The quantitative estimate of drug-likeness (QED) is 0.705. The highest BCUT2D eigenvalue weighted by Crippen LogP contribution is 2.35. The van der Waals surface area contributed by atoms with Gasteiger partial charge in [0.05, 0.1) is 23.2 Å². The van der Waals surface area contributed by atoms with Gasteiger partial charge in [0, 0.05) is 18.2 Å². The van der Waals surface area contributed by atoms with Crippen molar-refractivity contribution in [3.8, 4) is 0 Å². The van der Waals surface area contributed by atoms with Gasteiger partial charge in [-0.1, -0.05) is 13.3 Å². The lowest BCUT2D eigenvalue weighted by molar-refractivity contribution is 0.108. The van der Waals surface area contributed by atoms with Crippen molar-refractivity contribution >= 4 is 17.0 Å². The third kappa shape index (κ3) is 4.15. The predicted octanol–water partition coefficient (Wildman–Crippen LogP) is 3.37. The SMILES string of the molecule is CCC[C@H](C)Nc1ncc2c(C3CCNCC3)nn(C3CCC(O)CC3)c2n1. The molecule has 1 saturated heterocycles. The molecule has 3 heterocycles. The molecule has 1 saturated carbocycles. The van der Waals surface area contributed by atoms with Crippen molar-refractivity contribution in [3.63, 3.8) is 0 Å². The summed E-state index contributed by atoms with van der Waals surface area (Å²) in [6.45, 7) is 6.46. The fourth-order valence-electron chi connectivity index (χ4n) is 4.69. The minimum absolute atomic E-state index is 0.163. The number of nitrogens with one attached hydrogen (secondary N) is 2. The lowest BCUT2D eigenvalue weighted by atomic mass is 9.93. The van der Waals surface area contributed by atoms with E-state index < -0.39 is 0 Å². The van der Waals surface area contributed by atoms with E-state index in [4.69, 9.17) is 10.1 Å². The average Bonchev–Trinajstić information content (AvgIpc) is 3.08. The number of hydrogen-bond acceptors (Lipinski definition) is 6. The van der Waals surface area contributed by atoms with Crippen LogP contribution in [0.5, 0.6) is 0 Å². The van der Waals surface area contributed by atoms with Crippen molar-refractivity contribution in [1.82, 2.24) is 25.1 Å². The first-order valence-corrected chi connectivity index (χ1v) is 11.1. The van der Waals surface area contributed by atoms with Gasteiger partial charge in [-0.25, -0.2) is 9.67 Å². The number of piperidine rings is 1. The van der Waals surface area contributed by atoms with Crippen LogP contribution >= 0.6 is 0 Å². The number of rotatable bonds is 6. The molecule has 7 nitrogen and oxygen atoms in total. The third-order valence-corrected chi connectivity index (χ3v) is 6.31. The first kappa shape index (κ1) is 19.6. The summed E-state index contributed by atoms with van der Waals surface area (Å²) < 4.78 is 2.15. The zero-order chi connectivity index (χ0) is 19.5. The number of aromatic nitrogens is 4. The monoisotopic (exact) mass is 386 g/mol. The maximum Gasteiger partial charge on any atom is 0.224 e. The smallest absolute Gasteiger partial charge is 0.224 e. The first-order valence-electron chi connectivity index (χ1n) is 11.1. The van der Waals surface area contributed by atoms with Crippen LogP contribution in [0, 0.1) is 0 Å². The molecule has 0 amide bonds. The van der Waals surface area contributed by atoms with Gasteiger partial charge in [0.2, 0.25) is 5.95 Å². The van der Waals surface area contributed by atoms with Crippen LogP contribution in [0.2, 0.25) is 0 Å². The van der Waals surface area contributed by atoms with Gasteiger partial charge in [-0.3, -0.25) is 0 Å². The van der Waals surface area contributed by atoms with Crippen LogP contribution in [0.15, 0.2) is 6.20 Å². The Kier molecular flexibility index (Phi) is 6.11. The van der Waals surface area contributed by atoms with Crippen molar-refractivity contribution in [1.29, 1.82) is 0 Å². The molecular weight excluding hydrogens is 352 g/mol. The van der Waals surface area contributed by atoms with Crippen LogP contribution < -0.4 is 10.6 Å². The number of aliphatic hydroxyl groups excluding tert-OH is 1. The Morgan fingerprint density at radius 2 is 1.96 bits per heavy atom. The molecule has 154 valence electrons. The van der Waals surface area contributed by atoms with E-state index in [1.807, 2.05) is 6.20 Å². The summed E-state index contributed by atoms with van der Waals surface area (Å²) in [5.74, 6) is 1.17. The van der Waals surface area contributed by atoms with Gasteiger partial charge in [-0.15, -0.1) is 0 Å². The highest BCUT2D eigenvalue weighted by Gasteiger charge is 2.28. The van der Waals surface area contributed by atoms with Crippen molar-refractivity contribution < 1.29 is 5.11 Å². The molecule has 28 heavy (non-hydrogen) atoms. The van der Waals surface area contributed by atoms with E-state index >= 15 is 0 Å². The molecule has 4 rings (SSSR count). The summed E-state index contributed by atoms with van der Waals surface area (Å²) in [4.78, 5) is 9.53. The molecule has 0 bridgehead atoms. The molecule has 2 aromatic rings. The Hall–Kier alpha value is -1.73. The van der Waals surface area contributed by atoms with Crippen molar-refractivity contribution in [2.75, 3.05) is 18.4 Å². The molecule has 0 radical (unpaired) electrons. The van der Waals surface area contributed by atoms with Crippen LogP contribution in [0.4, 0.5) is 5.95 Å². The Balaban J connectivity index is 1.69. The van der Waals surface area contributed by atoms with Gasteiger partial charge >= 0.3 is 0 Å². The van der Waals surface area contributed by atoms with Gasteiger partial charge < -0.3 is 15.7 Å². The maximum atomic E-state index is 9.92. The number of hydrogen-bond donors (Lipinski definition) is 3. The maximum absolute atomic E-state index is 9.92. The van der Waals surface area contributed by atoms with Gasteiger partial charge in [0.15, 0.2) is 5.65 Å². The molecule has 1 aliphatic heterocycles. The molecule has 7 heteroatoms. The molecule has 3 N–H and O–H groups in total. The van der Waals surface area contributed by atoms with E-state index in [1.54, 1.807) is 0 Å². The van der Waals surface area contributed by atoms with Crippen molar-refractivity contribution in [2.24, 2.45) is 0 Å². The van der Waals surface area contributed by atoms with Crippen molar-refractivity contribution in [3.05, 3.63) is 11.9 Å². The molecule has 2 aliphatic rings. The molecule has 0 aromatic carbocycles. The zero-order valence-corrected chi connectivity index (χ0v) is 17.2. The molecule has 1 aliphatic carbocycles. The molecule has 0 unspecified atom stereocenters. The minimum Gasteiger partial charge on any atom is -0.393 e. The lowest BCUT2D eigenvalue weighted by Gasteiger charge is -2.26. The normalized spacial score (nSPS) is 25.1. The fourth-order valence-corrected chi connectivity index (χ4v) is 4.69. The van der Waals surface area contributed by atoms with Crippen LogP contribution in [-0.2, 0) is 0 Å². The Bertz CT molecular complexity index is 777. The van der Waals surface area contributed by atoms with Gasteiger partial charge in [-0.2, -0.15) is 10.1 Å². The number of aliphatic hydroxyl groups is 1. The van der Waals surface area contributed by atoms with E-state index in [-0.39, 0.29) is 6.10 Å². The second-order valence-electron chi connectivity index (χ2n) is 8.58. The lowest BCUT2D eigenvalue weighted by Crippen LogP contribution is -2.27.